The highest BCUT2D eigenvalue weighted by molar-refractivity contribution is 5.90. The molecular formula is C20H26FN5O2. The fourth-order valence-electron chi connectivity index (χ4n) is 2.39. The number of hydrogen-bond acceptors (Lipinski definition) is 4. The van der Waals surface area contributed by atoms with Gasteiger partial charge in [-0.05, 0) is 38.1 Å². The predicted octanol–water partition coefficient (Wildman–Crippen LogP) is 2.49. The van der Waals surface area contributed by atoms with E-state index in [1.807, 2.05) is 26.0 Å². The molecule has 0 aliphatic carbocycles. The molecule has 7 nitrogen and oxygen atoms in total. The number of carbonyl (C=O) groups is 1. The van der Waals surface area contributed by atoms with Crippen molar-refractivity contribution in [2.24, 2.45) is 4.99 Å². The molecule has 2 rings (SSSR count). The number of carbonyl (C=O) groups excluding carboxylic acids is 1. The molecule has 3 N–H and O–H groups in total. The fourth-order valence-corrected chi connectivity index (χ4v) is 2.39. The summed E-state index contributed by atoms with van der Waals surface area (Å²) in [6.07, 6.45) is 0.0714. The first-order valence-corrected chi connectivity index (χ1v) is 9.06. The molecule has 1 aromatic carbocycles. The lowest BCUT2D eigenvalue weighted by atomic mass is 10.3. The van der Waals surface area contributed by atoms with Crippen molar-refractivity contribution >= 4 is 17.7 Å². The second-order valence-electron chi connectivity index (χ2n) is 6.23. The molecule has 0 saturated carbocycles. The molecule has 1 unspecified atom stereocenters. The molecule has 150 valence electrons. The summed E-state index contributed by atoms with van der Waals surface area (Å²) in [6, 6.07) is 11.5. The Balaban J connectivity index is 1.68. The van der Waals surface area contributed by atoms with Crippen LogP contribution in [0.3, 0.4) is 0 Å². The Morgan fingerprint density at radius 2 is 2.04 bits per heavy atom. The molecule has 0 saturated heterocycles. The normalized spacial score (nSPS) is 12.2. The predicted molar refractivity (Wildman–Crippen MR) is 108 cm³/mol. The zero-order valence-electron chi connectivity index (χ0n) is 16.3. The fraction of sp³-hybridized carbons (Fsp3) is 0.350. The zero-order valence-corrected chi connectivity index (χ0v) is 16.3. The van der Waals surface area contributed by atoms with Gasteiger partial charge in [0.25, 0.3) is 0 Å². The standard InChI is InChI=1S/C20H26FN5O2/c1-14-6-4-9-18(25-14)26-19(27)10-11-23-20(22-3)24-13-15(2)28-17-8-5-7-16(21)12-17/h4-9,12,15H,10-11,13H2,1-3H3,(H2,22,23,24)(H,25,26,27). The Kier molecular flexibility index (Phi) is 8.20. The molecule has 1 heterocycles. The molecule has 0 radical (unpaired) electrons. The Bertz CT molecular complexity index is 813. The number of ether oxygens (including phenoxy) is 1. The van der Waals surface area contributed by atoms with Gasteiger partial charge in [-0.3, -0.25) is 9.79 Å². The smallest absolute Gasteiger partial charge is 0.227 e. The highest BCUT2D eigenvalue weighted by atomic mass is 19.1. The van der Waals surface area contributed by atoms with E-state index in [0.29, 0.717) is 30.6 Å². The maximum atomic E-state index is 13.2. The van der Waals surface area contributed by atoms with Gasteiger partial charge in [-0.1, -0.05) is 12.1 Å². The lowest BCUT2D eigenvalue weighted by Crippen LogP contribution is -2.42. The van der Waals surface area contributed by atoms with E-state index in [4.69, 9.17) is 4.74 Å². The molecule has 0 spiro atoms. The largest absolute Gasteiger partial charge is 0.489 e. The highest BCUT2D eigenvalue weighted by Gasteiger charge is 2.08. The van der Waals surface area contributed by atoms with Gasteiger partial charge in [0.05, 0.1) is 6.54 Å². The molecule has 8 heteroatoms. The average molecular weight is 387 g/mol. The molecule has 1 aromatic heterocycles. The van der Waals surface area contributed by atoms with E-state index in [2.05, 4.69) is 25.9 Å². The molecule has 0 aliphatic rings. The summed E-state index contributed by atoms with van der Waals surface area (Å²) in [5.74, 6) is 1.09. The Morgan fingerprint density at radius 1 is 1.25 bits per heavy atom. The second-order valence-corrected chi connectivity index (χ2v) is 6.23. The van der Waals surface area contributed by atoms with E-state index in [-0.39, 0.29) is 24.2 Å². The van der Waals surface area contributed by atoms with Crippen LogP contribution >= 0.6 is 0 Å². The third kappa shape index (κ3) is 7.61. The summed E-state index contributed by atoms with van der Waals surface area (Å²) < 4.78 is 18.8. The van der Waals surface area contributed by atoms with Gasteiger partial charge in [-0.25, -0.2) is 9.37 Å². The summed E-state index contributed by atoms with van der Waals surface area (Å²) in [4.78, 5) is 20.3. The minimum Gasteiger partial charge on any atom is -0.489 e. The van der Waals surface area contributed by atoms with E-state index in [1.165, 1.54) is 12.1 Å². The molecule has 1 amide bonds. The van der Waals surface area contributed by atoms with Crippen LogP contribution in [0.4, 0.5) is 10.2 Å². The van der Waals surface area contributed by atoms with Gasteiger partial charge in [0.1, 0.15) is 23.5 Å². The Labute approximate surface area is 164 Å². The molecule has 0 fully saturated rings. The van der Waals surface area contributed by atoms with Gasteiger partial charge < -0.3 is 20.7 Å². The third-order valence-electron chi connectivity index (χ3n) is 3.71. The SMILES string of the molecule is CN=C(NCCC(=O)Nc1cccc(C)n1)NCC(C)Oc1cccc(F)c1. The van der Waals surface area contributed by atoms with E-state index >= 15 is 0 Å². The van der Waals surface area contributed by atoms with Crippen LogP contribution in [-0.4, -0.2) is 43.1 Å². The van der Waals surface area contributed by atoms with E-state index < -0.39 is 0 Å². The first kappa shape index (κ1) is 21.1. The number of aromatic nitrogens is 1. The number of hydrogen-bond donors (Lipinski definition) is 3. The van der Waals surface area contributed by atoms with E-state index in [0.717, 1.165) is 5.69 Å². The van der Waals surface area contributed by atoms with Gasteiger partial charge in [-0.2, -0.15) is 0 Å². The number of pyridine rings is 1. The number of anilines is 1. The monoisotopic (exact) mass is 387 g/mol. The Morgan fingerprint density at radius 3 is 2.75 bits per heavy atom. The topological polar surface area (TPSA) is 87.6 Å². The summed E-state index contributed by atoms with van der Waals surface area (Å²) in [5.41, 5.74) is 0.843. The minimum absolute atomic E-state index is 0.135. The van der Waals surface area contributed by atoms with Gasteiger partial charge in [0.15, 0.2) is 5.96 Å². The van der Waals surface area contributed by atoms with Crippen LogP contribution < -0.4 is 20.7 Å². The van der Waals surface area contributed by atoms with Crippen LogP contribution in [0, 0.1) is 12.7 Å². The zero-order chi connectivity index (χ0) is 20.4. The summed E-state index contributed by atoms with van der Waals surface area (Å²) in [6.45, 7) is 4.62. The van der Waals surface area contributed by atoms with Gasteiger partial charge in [0, 0.05) is 31.8 Å². The van der Waals surface area contributed by atoms with Crippen molar-refractivity contribution in [1.82, 2.24) is 15.6 Å². The van der Waals surface area contributed by atoms with Crippen molar-refractivity contribution in [2.75, 3.05) is 25.5 Å². The number of halogens is 1. The molecule has 0 bridgehead atoms. The maximum Gasteiger partial charge on any atom is 0.227 e. The number of nitrogens with one attached hydrogen (secondary N) is 3. The van der Waals surface area contributed by atoms with Crippen LogP contribution in [0.15, 0.2) is 47.5 Å². The van der Waals surface area contributed by atoms with Crippen molar-refractivity contribution in [3.63, 3.8) is 0 Å². The molecular weight excluding hydrogens is 361 g/mol. The summed E-state index contributed by atoms with van der Waals surface area (Å²) >= 11 is 0. The number of benzene rings is 1. The van der Waals surface area contributed by atoms with Crippen LogP contribution in [0.25, 0.3) is 0 Å². The van der Waals surface area contributed by atoms with Gasteiger partial charge in [0.2, 0.25) is 5.91 Å². The third-order valence-corrected chi connectivity index (χ3v) is 3.71. The number of amides is 1. The number of rotatable bonds is 8. The molecule has 2 aromatic rings. The number of aliphatic imine (C=N–C) groups is 1. The van der Waals surface area contributed by atoms with E-state index in [1.54, 1.807) is 25.2 Å². The van der Waals surface area contributed by atoms with Crippen molar-refractivity contribution < 1.29 is 13.9 Å². The second kappa shape index (κ2) is 10.9. The summed E-state index contributed by atoms with van der Waals surface area (Å²) in [7, 11) is 1.64. The summed E-state index contributed by atoms with van der Waals surface area (Å²) in [5, 5.41) is 8.93. The Hall–Kier alpha value is -3.16. The van der Waals surface area contributed by atoms with Crippen molar-refractivity contribution in [1.29, 1.82) is 0 Å². The van der Waals surface area contributed by atoms with Crippen LogP contribution in [0.5, 0.6) is 5.75 Å². The van der Waals surface area contributed by atoms with Gasteiger partial charge in [-0.15, -0.1) is 0 Å². The lowest BCUT2D eigenvalue weighted by Gasteiger charge is -2.17. The molecule has 1 atom stereocenters. The van der Waals surface area contributed by atoms with Crippen LogP contribution in [0.1, 0.15) is 19.0 Å². The highest BCUT2D eigenvalue weighted by Crippen LogP contribution is 2.13. The average Bonchev–Trinajstić information content (AvgIpc) is 2.64. The molecule has 0 aliphatic heterocycles. The van der Waals surface area contributed by atoms with Crippen molar-refractivity contribution in [3.05, 3.63) is 54.0 Å². The first-order chi connectivity index (χ1) is 13.5. The van der Waals surface area contributed by atoms with E-state index in [9.17, 15) is 9.18 Å². The van der Waals surface area contributed by atoms with Gasteiger partial charge >= 0.3 is 0 Å². The number of guanidine groups is 1. The van der Waals surface area contributed by atoms with Crippen LogP contribution in [0.2, 0.25) is 0 Å². The van der Waals surface area contributed by atoms with Crippen molar-refractivity contribution in [2.45, 2.75) is 26.4 Å². The molecule has 28 heavy (non-hydrogen) atoms. The number of aryl methyl sites for hydroxylation is 1. The first-order valence-electron chi connectivity index (χ1n) is 9.06. The minimum atomic E-state index is -0.339. The number of nitrogens with zero attached hydrogens (tertiary/aromatic N) is 2. The quantitative estimate of drug-likeness (QED) is 0.478. The maximum absolute atomic E-state index is 13.2. The lowest BCUT2D eigenvalue weighted by molar-refractivity contribution is -0.116. The van der Waals surface area contributed by atoms with Crippen LogP contribution in [-0.2, 0) is 4.79 Å². The van der Waals surface area contributed by atoms with Crippen molar-refractivity contribution in [3.8, 4) is 5.75 Å².